The maximum absolute atomic E-state index is 12.4. The third-order valence-electron chi connectivity index (χ3n) is 4.72. The molecule has 1 aromatic heterocycles. The van der Waals surface area contributed by atoms with Crippen LogP contribution in [0.2, 0.25) is 0 Å². The zero-order valence-electron chi connectivity index (χ0n) is 13.5. The number of aliphatic hydroxyl groups is 1. The lowest BCUT2D eigenvalue weighted by molar-refractivity contribution is 0.0914. The summed E-state index contributed by atoms with van der Waals surface area (Å²) in [6, 6.07) is 2.37. The first-order chi connectivity index (χ1) is 10.1. The second-order valence-electron chi connectivity index (χ2n) is 6.21. The van der Waals surface area contributed by atoms with Crippen LogP contribution in [0.3, 0.4) is 0 Å². The highest BCUT2D eigenvalue weighted by atomic mass is 16.3. The van der Waals surface area contributed by atoms with Crippen LogP contribution in [0.25, 0.3) is 0 Å². The molecule has 4 nitrogen and oxygen atoms in total. The number of nitrogens with one attached hydrogen (secondary N) is 1. The summed E-state index contributed by atoms with van der Waals surface area (Å²) in [7, 11) is 0. The molecule has 1 amide bonds. The molecule has 1 aliphatic rings. The predicted octanol–water partition coefficient (Wildman–Crippen LogP) is 3.11. The molecule has 1 fully saturated rings. The Balaban J connectivity index is 2.19. The Labute approximate surface area is 127 Å². The molecule has 2 rings (SSSR count). The van der Waals surface area contributed by atoms with Crippen molar-refractivity contribution in [1.82, 2.24) is 9.88 Å². The van der Waals surface area contributed by atoms with Crippen molar-refractivity contribution < 1.29 is 9.90 Å². The fraction of sp³-hybridized carbons (Fsp3) is 0.706. The van der Waals surface area contributed by atoms with E-state index in [1.54, 1.807) is 0 Å². The second kappa shape index (κ2) is 7.12. The van der Waals surface area contributed by atoms with Gasteiger partial charge in [-0.1, -0.05) is 26.2 Å². The van der Waals surface area contributed by atoms with Gasteiger partial charge in [-0.15, -0.1) is 0 Å². The molecule has 21 heavy (non-hydrogen) atoms. The van der Waals surface area contributed by atoms with Crippen molar-refractivity contribution in [3.8, 4) is 0 Å². The molecule has 2 N–H and O–H groups in total. The van der Waals surface area contributed by atoms with Gasteiger partial charge >= 0.3 is 0 Å². The second-order valence-corrected chi connectivity index (χ2v) is 6.21. The van der Waals surface area contributed by atoms with Crippen LogP contribution in [-0.4, -0.2) is 28.2 Å². The highest BCUT2D eigenvalue weighted by Gasteiger charge is 2.23. The summed E-state index contributed by atoms with van der Waals surface area (Å²) in [5.74, 6) is -0.0638. The average molecular weight is 292 g/mol. The zero-order chi connectivity index (χ0) is 15.4. The molecule has 1 aromatic rings. The minimum atomic E-state index is -0.157. The molecule has 1 aliphatic carbocycles. The SMILES string of the molecule is CCC(CO)NC(=O)c1cc(C)n(C2CCCCC2)c1C. The maximum atomic E-state index is 12.4. The monoisotopic (exact) mass is 292 g/mol. The van der Waals surface area contributed by atoms with Crippen molar-refractivity contribution in [2.45, 2.75) is 71.4 Å². The van der Waals surface area contributed by atoms with Crippen molar-refractivity contribution >= 4 is 5.91 Å². The highest BCUT2D eigenvalue weighted by molar-refractivity contribution is 5.95. The Morgan fingerprint density at radius 3 is 2.62 bits per heavy atom. The van der Waals surface area contributed by atoms with Crippen LogP contribution in [0.4, 0.5) is 0 Å². The number of amides is 1. The fourth-order valence-corrected chi connectivity index (χ4v) is 3.45. The van der Waals surface area contributed by atoms with Crippen molar-refractivity contribution in [3.05, 3.63) is 23.0 Å². The van der Waals surface area contributed by atoms with Gasteiger partial charge in [0.15, 0.2) is 0 Å². The topological polar surface area (TPSA) is 54.3 Å². The lowest BCUT2D eigenvalue weighted by atomic mass is 9.95. The molecule has 1 unspecified atom stereocenters. The van der Waals surface area contributed by atoms with Gasteiger partial charge in [0.05, 0.1) is 18.2 Å². The van der Waals surface area contributed by atoms with E-state index >= 15 is 0 Å². The van der Waals surface area contributed by atoms with Gasteiger partial charge in [-0.05, 0) is 39.2 Å². The Bertz CT molecular complexity index is 483. The fourth-order valence-electron chi connectivity index (χ4n) is 3.45. The summed E-state index contributed by atoms with van der Waals surface area (Å²) in [4.78, 5) is 12.4. The molecule has 1 atom stereocenters. The zero-order valence-corrected chi connectivity index (χ0v) is 13.5. The quantitative estimate of drug-likeness (QED) is 0.876. The van der Waals surface area contributed by atoms with Gasteiger partial charge in [0.2, 0.25) is 0 Å². The standard InChI is InChI=1S/C17H28N2O2/c1-4-14(11-20)18-17(21)16-10-12(2)19(13(16)3)15-8-6-5-7-9-15/h10,14-15,20H,4-9,11H2,1-3H3,(H,18,21). The molecule has 0 aliphatic heterocycles. The first-order valence-electron chi connectivity index (χ1n) is 8.18. The number of aromatic nitrogens is 1. The minimum Gasteiger partial charge on any atom is -0.394 e. The summed E-state index contributed by atoms with van der Waals surface area (Å²) in [5.41, 5.74) is 2.98. The molecule has 0 radical (unpaired) electrons. The van der Waals surface area contributed by atoms with Gasteiger partial charge in [0, 0.05) is 17.4 Å². The molecule has 0 spiro atoms. The molecule has 0 aromatic carbocycles. The lowest BCUT2D eigenvalue weighted by Crippen LogP contribution is -2.37. The third-order valence-corrected chi connectivity index (χ3v) is 4.72. The number of nitrogens with zero attached hydrogens (tertiary/aromatic N) is 1. The minimum absolute atomic E-state index is 0.0103. The molecule has 4 heteroatoms. The normalized spacial score (nSPS) is 17.7. The molecule has 118 valence electrons. The van der Waals surface area contributed by atoms with E-state index < -0.39 is 0 Å². The largest absolute Gasteiger partial charge is 0.394 e. The summed E-state index contributed by atoms with van der Waals surface area (Å²) >= 11 is 0. The molecular formula is C17H28N2O2. The number of rotatable bonds is 5. The highest BCUT2D eigenvalue weighted by Crippen LogP contribution is 2.32. The number of carbonyl (C=O) groups is 1. The van der Waals surface area contributed by atoms with Gasteiger partial charge < -0.3 is 15.0 Å². The summed E-state index contributed by atoms with van der Waals surface area (Å²) < 4.78 is 2.34. The van der Waals surface area contributed by atoms with E-state index in [1.807, 2.05) is 19.9 Å². The number of carbonyl (C=O) groups excluding carboxylic acids is 1. The molecular weight excluding hydrogens is 264 g/mol. The maximum Gasteiger partial charge on any atom is 0.253 e. The Kier molecular flexibility index (Phi) is 5.45. The van der Waals surface area contributed by atoms with Crippen LogP contribution >= 0.6 is 0 Å². The summed E-state index contributed by atoms with van der Waals surface area (Å²) in [6.45, 7) is 6.08. The van der Waals surface area contributed by atoms with Gasteiger partial charge in [0.25, 0.3) is 5.91 Å². The molecule has 0 bridgehead atoms. The third kappa shape index (κ3) is 3.49. The Hall–Kier alpha value is -1.29. The molecule has 1 heterocycles. The average Bonchev–Trinajstić information content (AvgIpc) is 2.80. The van der Waals surface area contributed by atoms with Crippen molar-refractivity contribution in [2.24, 2.45) is 0 Å². The first kappa shape index (κ1) is 16.1. The van der Waals surface area contributed by atoms with Gasteiger partial charge in [0.1, 0.15) is 0 Å². The van der Waals surface area contributed by atoms with Crippen molar-refractivity contribution in [1.29, 1.82) is 0 Å². The predicted molar refractivity (Wildman–Crippen MR) is 84.7 cm³/mol. The van der Waals surface area contributed by atoms with Crippen LogP contribution in [0.5, 0.6) is 0 Å². The van der Waals surface area contributed by atoms with Gasteiger partial charge in [-0.2, -0.15) is 0 Å². The molecule has 1 saturated carbocycles. The first-order valence-corrected chi connectivity index (χ1v) is 8.18. The van der Waals surface area contributed by atoms with Crippen LogP contribution < -0.4 is 5.32 Å². The van der Waals surface area contributed by atoms with Crippen LogP contribution in [0, 0.1) is 13.8 Å². The summed E-state index contributed by atoms with van der Waals surface area (Å²) in [6.07, 6.45) is 7.07. The van der Waals surface area contributed by atoms with E-state index in [9.17, 15) is 9.90 Å². The van der Waals surface area contributed by atoms with Crippen molar-refractivity contribution in [3.63, 3.8) is 0 Å². The smallest absolute Gasteiger partial charge is 0.253 e. The number of hydrogen-bond donors (Lipinski definition) is 2. The number of aryl methyl sites for hydroxylation is 1. The van der Waals surface area contributed by atoms with Gasteiger partial charge in [-0.3, -0.25) is 4.79 Å². The molecule has 0 saturated heterocycles. The van der Waals surface area contributed by atoms with Crippen LogP contribution in [0.1, 0.15) is 73.2 Å². The summed E-state index contributed by atoms with van der Waals surface area (Å²) in [5, 5.41) is 12.1. The Morgan fingerprint density at radius 2 is 2.05 bits per heavy atom. The number of hydrogen-bond acceptors (Lipinski definition) is 2. The number of aliphatic hydroxyl groups excluding tert-OH is 1. The van der Waals surface area contributed by atoms with E-state index in [4.69, 9.17) is 0 Å². The van der Waals surface area contributed by atoms with Crippen LogP contribution in [0.15, 0.2) is 6.07 Å². The van der Waals surface area contributed by atoms with E-state index in [1.165, 1.54) is 37.8 Å². The van der Waals surface area contributed by atoms with Crippen molar-refractivity contribution in [2.75, 3.05) is 6.61 Å². The lowest BCUT2D eigenvalue weighted by Gasteiger charge is -2.26. The van der Waals surface area contributed by atoms with E-state index in [0.29, 0.717) is 6.04 Å². The van der Waals surface area contributed by atoms with E-state index in [0.717, 1.165) is 17.7 Å². The van der Waals surface area contributed by atoms with E-state index in [2.05, 4.69) is 16.8 Å². The Morgan fingerprint density at radius 1 is 1.38 bits per heavy atom. The van der Waals surface area contributed by atoms with E-state index in [-0.39, 0.29) is 18.6 Å². The van der Waals surface area contributed by atoms with Crippen LogP contribution in [-0.2, 0) is 0 Å². The van der Waals surface area contributed by atoms with Gasteiger partial charge in [-0.25, -0.2) is 0 Å².